The van der Waals surface area contributed by atoms with Gasteiger partial charge in [0.1, 0.15) is 6.17 Å². The van der Waals surface area contributed by atoms with Gasteiger partial charge in [-0.2, -0.15) is 0 Å². The third-order valence-electron chi connectivity index (χ3n) is 1.83. The van der Waals surface area contributed by atoms with Crippen LogP contribution in [0.1, 0.15) is 27.2 Å². The van der Waals surface area contributed by atoms with E-state index in [2.05, 4.69) is 0 Å². The fourth-order valence-electron chi connectivity index (χ4n) is 1.21. The Labute approximate surface area is 81.1 Å². The van der Waals surface area contributed by atoms with Crippen molar-refractivity contribution in [3.8, 4) is 0 Å². The first-order valence-corrected chi connectivity index (χ1v) is 5.00. The topological polar surface area (TPSA) is 12.5 Å². The monoisotopic (exact) mass is 191 g/mol. The fourth-order valence-corrected chi connectivity index (χ4v) is 1.21. The van der Waals surface area contributed by atoms with E-state index in [1.807, 2.05) is 32.7 Å². The molecule has 2 nitrogen and oxygen atoms in total. The van der Waals surface area contributed by atoms with E-state index in [0.29, 0.717) is 12.6 Å². The maximum absolute atomic E-state index is 12.1. The molecular formula is C10H22FNO. The molecule has 0 bridgehead atoms. The fraction of sp³-hybridized carbons (Fsp3) is 1.00. The number of hydrogen-bond donors (Lipinski definition) is 0. The normalized spacial score (nSPS) is 23.1. The molecule has 1 heterocycles. The lowest BCUT2D eigenvalue weighted by Gasteiger charge is -2.01. The number of rotatable bonds is 2. The molecule has 0 spiro atoms. The highest BCUT2D eigenvalue weighted by molar-refractivity contribution is 4.70. The average Bonchev–Trinajstić information content (AvgIpc) is 2.35. The highest BCUT2D eigenvalue weighted by Crippen LogP contribution is 2.08. The maximum Gasteiger partial charge on any atom is 0.114 e. The first kappa shape index (κ1) is 12.8. The van der Waals surface area contributed by atoms with E-state index in [1.54, 1.807) is 0 Å². The van der Waals surface area contributed by atoms with Crippen LogP contribution in [0.5, 0.6) is 0 Å². The minimum absolute atomic E-state index is 0.398. The molecule has 0 aromatic heterocycles. The zero-order chi connectivity index (χ0) is 10.3. The predicted octanol–water partition coefficient (Wildman–Crippen LogP) is 2.09. The van der Waals surface area contributed by atoms with Crippen molar-refractivity contribution < 1.29 is 9.13 Å². The van der Waals surface area contributed by atoms with Gasteiger partial charge < -0.3 is 9.64 Å². The Balaban J connectivity index is 0.000000226. The molecule has 0 N–H and O–H groups in total. The maximum atomic E-state index is 12.1. The Hall–Kier alpha value is -0.150. The lowest BCUT2D eigenvalue weighted by molar-refractivity contribution is 0.0899. The third kappa shape index (κ3) is 8.19. The van der Waals surface area contributed by atoms with Crippen molar-refractivity contribution in [3.05, 3.63) is 0 Å². The van der Waals surface area contributed by atoms with Gasteiger partial charge in [-0.1, -0.05) is 0 Å². The Bertz CT molecular complexity index is 111. The first-order chi connectivity index (χ1) is 6.06. The van der Waals surface area contributed by atoms with Crippen LogP contribution in [0.15, 0.2) is 0 Å². The quantitative estimate of drug-likeness (QED) is 0.662. The minimum atomic E-state index is -0.551. The number of likely N-dealkylation sites (tertiary alicyclic amines) is 1. The van der Waals surface area contributed by atoms with Crippen LogP contribution in [0.2, 0.25) is 0 Å². The second-order valence-corrected chi connectivity index (χ2v) is 3.65. The summed E-state index contributed by atoms with van der Waals surface area (Å²) in [6.45, 7) is 8.46. The summed E-state index contributed by atoms with van der Waals surface area (Å²) in [5.74, 6) is 0. The van der Waals surface area contributed by atoms with Crippen molar-refractivity contribution in [2.24, 2.45) is 0 Å². The van der Waals surface area contributed by atoms with E-state index in [9.17, 15) is 4.39 Å². The summed E-state index contributed by atoms with van der Waals surface area (Å²) in [6.07, 6.45) is 0.580. The molecule has 1 atom stereocenters. The van der Waals surface area contributed by atoms with Crippen LogP contribution in [-0.2, 0) is 4.74 Å². The second kappa shape index (κ2) is 7.27. The van der Waals surface area contributed by atoms with E-state index in [-0.39, 0.29) is 0 Å². The molecule has 3 heteroatoms. The van der Waals surface area contributed by atoms with Gasteiger partial charge in [0.2, 0.25) is 0 Å². The lowest BCUT2D eigenvalue weighted by Crippen LogP contribution is -2.13. The van der Waals surface area contributed by atoms with Gasteiger partial charge in [0.05, 0.1) is 6.10 Å². The van der Waals surface area contributed by atoms with Crippen molar-refractivity contribution in [1.82, 2.24) is 4.90 Å². The average molecular weight is 191 g/mol. The summed E-state index contributed by atoms with van der Waals surface area (Å²) in [6, 6.07) is 0. The van der Waals surface area contributed by atoms with Crippen LogP contribution >= 0.6 is 0 Å². The smallest absolute Gasteiger partial charge is 0.114 e. The Morgan fingerprint density at radius 2 is 2.15 bits per heavy atom. The molecule has 13 heavy (non-hydrogen) atoms. The molecule has 1 saturated heterocycles. The summed E-state index contributed by atoms with van der Waals surface area (Å²) in [5.41, 5.74) is 0. The van der Waals surface area contributed by atoms with E-state index < -0.39 is 6.17 Å². The molecule has 1 aliphatic heterocycles. The molecule has 0 radical (unpaired) electrons. The molecule has 80 valence electrons. The molecule has 0 aromatic rings. The zero-order valence-electron chi connectivity index (χ0n) is 9.22. The largest absolute Gasteiger partial charge is 0.379 e. The van der Waals surface area contributed by atoms with Crippen LogP contribution in [-0.4, -0.2) is 43.9 Å². The summed E-state index contributed by atoms with van der Waals surface area (Å²) >= 11 is 0. The Kier molecular flexibility index (Phi) is 7.19. The van der Waals surface area contributed by atoms with Gasteiger partial charge in [-0.05, 0) is 34.2 Å². The zero-order valence-corrected chi connectivity index (χ0v) is 9.22. The molecule has 1 rings (SSSR count). The van der Waals surface area contributed by atoms with Crippen molar-refractivity contribution in [2.75, 3.05) is 26.7 Å². The van der Waals surface area contributed by atoms with E-state index in [4.69, 9.17) is 4.74 Å². The molecular weight excluding hydrogens is 169 g/mol. The summed E-state index contributed by atoms with van der Waals surface area (Å²) in [5, 5.41) is 0. The summed E-state index contributed by atoms with van der Waals surface area (Å²) in [4.78, 5) is 2.00. The van der Waals surface area contributed by atoms with Crippen LogP contribution in [0.25, 0.3) is 0 Å². The molecule has 0 saturated carbocycles. The van der Waals surface area contributed by atoms with Crippen LogP contribution in [0, 0.1) is 0 Å². The molecule has 0 amide bonds. The van der Waals surface area contributed by atoms with Gasteiger partial charge in [-0.3, -0.25) is 0 Å². The first-order valence-electron chi connectivity index (χ1n) is 5.00. The highest BCUT2D eigenvalue weighted by Gasteiger charge is 2.17. The second-order valence-electron chi connectivity index (χ2n) is 3.65. The predicted molar refractivity (Wildman–Crippen MR) is 53.8 cm³/mol. The lowest BCUT2D eigenvalue weighted by atomic mass is 10.4. The van der Waals surface area contributed by atoms with Crippen molar-refractivity contribution in [3.63, 3.8) is 0 Å². The van der Waals surface area contributed by atoms with E-state index in [1.165, 1.54) is 0 Å². The number of alkyl halides is 1. The van der Waals surface area contributed by atoms with Gasteiger partial charge in [0, 0.05) is 19.7 Å². The van der Waals surface area contributed by atoms with Crippen molar-refractivity contribution >= 4 is 0 Å². The van der Waals surface area contributed by atoms with Gasteiger partial charge in [0.25, 0.3) is 0 Å². The number of halogens is 1. The SMILES string of the molecule is CCOC(C)C.CN1CC[C@@H](F)C1. The molecule has 0 aromatic carbocycles. The standard InChI is InChI=1S/C5H10FN.C5H12O/c1-7-3-2-5(6)4-7;1-4-6-5(2)3/h5H,2-4H2,1H3;5H,4H2,1-3H3/t5-;/m1./s1. The van der Waals surface area contributed by atoms with Gasteiger partial charge in [-0.25, -0.2) is 4.39 Å². The minimum Gasteiger partial charge on any atom is -0.379 e. The van der Waals surface area contributed by atoms with Crippen molar-refractivity contribution in [2.45, 2.75) is 39.5 Å². The summed E-state index contributed by atoms with van der Waals surface area (Å²) < 4.78 is 17.2. The molecule has 0 aliphatic carbocycles. The number of nitrogens with zero attached hydrogens (tertiary/aromatic N) is 1. The number of ether oxygens (including phenoxy) is 1. The number of hydrogen-bond acceptors (Lipinski definition) is 2. The van der Waals surface area contributed by atoms with E-state index >= 15 is 0 Å². The van der Waals surface area contributed by atoms with Crippen LogP contribution in [0.4, 0.5) is 4.39 Å². The van der Waals surface area contributed by atoms with Crippen LogP contribution in [0.3, 0.4) is 0 Å². The Morgan fingerprint density at radius 1 is 1.54 bits per heavy atom. The van der Waals surface area contributed by atoms with Gasteiger partial charge >= 0.3 is 0 Å². The molecule has 1 fully saturated rings. The third-order valence-corrected chi connectivity index (χ3v) is 1.83. The summed E-state index contributed by atoms with van der Waals surface area (Å²) in [7, 11) is 1.94. The Morgan fingerprint density at radius 3 is 2.23 bits per heavy atom. The highest BCUT2D eigenvalue weighted by atomic mass is 19.1. The van der Waals surface area contributed by atoms with Gasteiger partial charge in [0.15, 0.2) is 0 Å². The van der Waals surface area contributed by atoms with Gasteiger partial charge in [-0.15, -0.1) is 0 Å². The van der Waals surface area contributed by atoms with Crippen LogP contribution < -0.4 is 0 Å². The van der Waals surface area contributed by atoms with E-state index in [0.717, 1.165) is 19.6 Å². The molecule has 1 aliphatic rings. The van der Waals surface area contributed by atoms with Crippen molar-refractivity contribution in [1.29, 1.82) is 0 Å². The molecule has 0 unspecified atom stereocenters.